The molecule has 39 heavy (non-hydrogen) atoms. The molecular weight excluding hydrogens is 490 g/mol. The van der Waals surface area contributed by atoms with Crippen molar-refractivity contribution in [2.75, 3.05) is 32.7 Å². The number of carbonyl (C=O) groups is 2. The summed E-state index contributed by atoms with van der Waals surface area (Å²) < 4.78 is 0. The van der Waals surface area contributed by atoms with Crippen LogP contribution in [0.3, 0.4) is 0 Å². The van der Waals surface area contributed by atoms with E-state index in [1.165, 1.54) is 11.1 Å². The molecule has 1 aromatic carbocycles. The minimum Gasteiger partial charge on any atom is -0.392 e. The Kier molecular flexibility index (Phi) is 14.1. The van der Waals surface area contributed by atoms with Crippen LogP contribution < -0.4 is 10.6 Å². The Bertz CT molecular complexity index is 942. The van der Waals surface area contributed by atoms with Gasteiger partial charge in [0.05, 0.1) is 6.10 Å². The molecule has 1 aliphatic rings. The molecule has 8 nitrogen and oxygen atoms in total. The van der Waals surface area contributed by atoms with Crippen LogP contribution in [-0.2, 0) is 22.6 Å². The molecule has 1 aromatic heterocycles. The summed E-state index contributed by atoms with van der Waals surface area (Å²) in [6.07, 6.45) is 5.79. The van der Waals surface area contributed by atoms with Crippen molar-refractivity contribution < 1.29 is 14.7 Å². The number of carbonyl (C=O) groups excluding carboxylic acids is 2. The van der Waals surface area contributed by atoms with Crippen molar-refractivity contribution in [3.8, 4) is 0 Å². The Labute approximate surface area is 235 Å². The molecule has 2 atom stereocenters. The molecule has 0 spiro atoms. The van der Waals surface area contributed by atoms with Crippen molar-refractivity contribution in [1.82, 2.24) is 25.4 Å². The van der Waals surface area contributed by atoms with Crippen molar-refractivity contribution in [3.63, 3.8) is 0 Å². The lowest BCUT2D eigenvalue weighted by atomic mass is 9.99. The van der Waals surface area contributed by atoms with E-state index in [0.717, 1.165) is 39.1 Å². The van der Waals surface area contributed by atoms with E-state index < -0.39 is 6.10 Å². The van der Waals surface area contributed by atoms with Crippen LogP contribution in [0.4, 0.5) is 0 Å². The Morgan fingerprint density at radius 2 is 1.67 bits per heavy atom. The lowest BCUT2D eigenvalue weighted by molar-refractivity contribution is -0.122. The number of hydrogen-bond acceptors (Lipinski definition) is 6. The number of pyridine rings is 1. The molecule has 216 valence electrons. The van der Waals surface area contributed by atoms with Crippen molar-refractivity contribution in [1.29, 1.82) is 0 Å². The maximum atomic E-state index is 12.4. The number of aliphatic hydroxyl groups is 1. The van der Waals surface area contributed by atoms with Crippen molar-refractivity contribution in [2.24, 2.45) is 5.92 Å². The van der Waals surface area contributed by atoms with Crippen LogP contribution in [0.5, 0.6) is 0 Å². The molecule has 2 aromatic rings. The molecule has 0 bridgehead atoms. The highest BCUT2D eigenvalue weighted by atomic mass is 16.3. The third kappa shape index (κ3) is 14.8. The Morgan fingerprint density at radius 1 is 1.03 bits per heavy atom. The number of piperazine rings is 1. The molecule has 2 unspecified atom stereocenters. The van der Waals surface area contributed by atoms with Crippen LogP contribution >= 0.6 is 0 Å². The van der Waals surface area contributed by atoms with E-state index in [9.17, 15) is 14.7 Å². The lowest BCUT2D eigenvalue weighted by Gasteiger charge is -2.36. The molecular formula is C31H49N5O3. The summed E-state index contributed by atoms with van der Waals surface area (Å²) in [6.45, 7) is 15.3. The van der Waals surface area contributed by atoms with E-state index in [1.807, 2.05) is 51.2 Å². The summed E-state index contributed by atoms with van der Waals surface area (Å²) in [5, 5.41) is 16.6. The number of aliphatic hydroxyl groups excluding tert-OH is 1. The van der Waals surface area contributed by atoms with Gasteiger partial charge < -0.3 is 15.7 Å². The fourth-order valence-corrected chi connectivity index (χ4v) is 4.51. The Balaban J connectivity index is 0.000000673. The molecule has 3 N–H and O–H groups in total. The minimum atomic E-state index is -0.465. The second-order valence-electron chi connectivity index (χ2n) is 11.9. The summed E-state index contributed by atoms with van der Waals surface area (Å²) in [5.74, 6) is 0.386. The number of benzene rings is 1. The number of β-amino-alcohol motifs (C(OH)–C–C–N with tert-alkyl or cyclic N) is 1. The number of hydrogen-bond donors (Lipinski definition) is 3. The van der Waals surface area contributed by atoms with Crippen LogP contribution in [0.15, 0.2) is 54.9 Å². The molecule has 1 aliphatic heterocycles. The normalized spacial score (nSPS) is 16.1. The average molecular weight is 540 g/mol. The monoisotopic (exact) mass is 539 g/mol. The van der Waals surface area contributed by atoms with E-state index in [4.69, 9.17) is 0 Å². The average Bonchev–Trinajstić information content (AvgIpc) is 2.85. The summed E-state index contributed by atoms with van der Waals surface area (Å²) in [4.78, 5) is 31.1. The maximum Gasteiger partial charge on any atom is 0.220 e. The smallest absolute Gasteiger partial charge is 0.220 e. The van der Waals surface area contributed by atoms with Crippen molar-refractivity contribution in [2.45, 2.75) is 78.1 Å². The molecule has 1 saturated heterocycles. The summed E-state index contributed by atoms with van der Waals surface area (Å²) in [6, 6.07) is 14.2. The molecule has 0 saturated carbocycles. The molecule has 1 fully saturated rings. The largest absolute Gasteiger partial charge is 0.392 e. The van der Waals surface area contributed by atoms with Gasteiger partial charge >= 0.3 is 0 Å². The van der Waals surface area contributed by atoms with Crippen LogP contribution in [0.2, 0.25) is 0 Å². The zero-order chi connectivity index (χ0) is 28.7. The number of nitrogens with one attached hydrogen (secondary N) is 2. The van der Waals surface area contributed by atoms with Gasteiger partial charge in [0.2, 0.25) is 12.3 Å². The fourth-order valence-electron chi connectivity index (χ4n) is 4.51. The first-order chi connectivity index (χ1) is 18.5. The predicted octanol–water partition coefficient (Wildman–Crippen LogP) is 3.25. The molecule has 0 radical (unpaired) electrons. The van der Waals surface area contributed by atoms with Gasteiger partial charge in [0.1, 0.15) is 0 Å². The second kappa shape index (κ2) is 17.0. The molecule has 2 heterocycles. The molecule has 2 amide bonds. The van der Waals surface area contributed by atoms with E-state index in [0.29, 0.717) is 31.7 Å². The number of amides is 2. The minimum absolute atomic E-state index is 0.0643. The van der Waals surface area contributed by atoms with Gasteiger partial charge in [-0.25, -0.2) is 0 Å². The number of aromatic nitrogens is 1. The van der Waals surface area contributed by atoms with E-state index >= 15 is 0 Å². The highest BCUT2D eigenvalue weighted by Crippen LogP contribution is 2.13. The fraction of sp³-hybridized carbons (Fsp3) is 0.581. The Morgan fingerprint density at radius 3 is 2.21 bits per heavy atom. The molecule has 8 heteroatoms. The van der Waals surface area contributed by atoms with Gasteiger partial charge in [0.25, 0.3) is 0 Å². The van der Waals surface area contributed by atoms with Gasteiger partial charge in [-0.1, -0.05) is 50.2 Å². The Hall–Kier alpha value is -2.81. The van der Waals surface area contributed by atoms with Gasteiger partial charge in [-0.05, 0) is 56.7 Å². The first-order valence-corrected chi connectivity index (χ1v) is 14.1. The van der Waals surface area contributed by atoms with Crippen molar-refractivity contribution in [3.05, 3.63) is 66.0 Å². The zero-order valence-corrected chi connectivity index (χ0v) is 24.5. The number of rotatable bonds is 12. The van der Waals surface area contributed by atoms with Crippen LogP contribution in [0.25, 0.3) is 0 Å². The first kappa shape index (κ1) is 32.4. The second-order valence-corrected chi connectivity index (χ2v) is 11.9. The van der Waals surface area contributed by atoms with Gasteiger partial charge in [-0.2, -0.15) is 0 Å². The van der Waals surface area contributed by atoms with E-state index in [-0.39, 0.29) is 17.5 Å². The highest BCUT2D eigenvalue weighted by Gasteiger charge is 2.23. The maximum absolute atomic E-state index is 12.4. The van der Waals surface area contributed by atoms with Crippen LogP contribution in [0.1, 0.15) is 58.6 Å². The molecule has 3 rings (SSSR count). The third-order valence-corrected chi connectivity index (χ3v) is 6.40. The quantitative estimate of drug-likeness (QED) is 0.358. The lowest BCUT2D eigenvalue weighted by Crippen LogP contribution is -2.49. The summed E-state index contributed by atoms with van der Waals surface area (Å²) in [7, 11) is 0. The standard InChI is InChI=1S/C26H38N4O2.C5H11NO/c1-21(2)15-26(32)28-24(16-22-7-4-3-5-8-22)17-25(31)20-30-13-11-29(12-14-30)19-23-9-6-10-27-18-23;1-5(2,3)6-4-7/h3-10,18,21,24-25,31H,11-17,19-20H2,1-2H3,(H,28,32);4H,1-3H3,(H,6,7). The SMILES string of the molecule is CC(C)(C)NC=O.CC(C)CC(=O)NC(Cc1ccccc1)CC(O)CN1CCN(Cc2cccnc2)CC1. The number of nitrogens with zero attached hydrogens (tertiary/aromatic N) is 3. The first-order valence-electron chi connectivity index (χ1n) is 14.1. The summed E-state index contributed by atoms with van der Waals surface area (Å²) in [5.41, 5.74) is 2.35. The van der Waals surface area contributed by atoms with E-state index in [2.05, 4.69) is 57.5 Å². The van der Waals surface area contributed by atoms with Crippen molar-refractivity contribution >= 4 is 12.3 Å². The van der Waals surface area contributed by atoms with Gasteiger partial charge in [0.15, 0.2) is 0 Å². The predicted molar refractivity (Wildman–Crippen MR) is 157 cm³/mol. The van der Waals surface area contributed by atoms with Crippen LogP contribution in [0, 0.1) is 5.92 Å². The van der Waals surface area contributed by atoms with Gasteiger partial charge in [0, 0.05) is 69.7 Å². The highest BCUT2D eigenvalue weighted by molar-refractivity contribution is 5.76. The molecule has 0 aliphatic carbocycles. The summed E-state index contributed by atoms with van der Waals surface area (Å²) >= 11 is 0. The third-order valence-electron chi connectivity index (χ3n) is 6.40. The van der Waals surface area contributed by atoms with E-state index in [1.54, 1.807) is 6.20 Å². The van der Waals surface area contributed by atoms with Crippen LogP contribution in [-0.4, -0.2) is 82.6 Å². The van der Waals surface area contributed by atoms with Gasteiger partial charge in [-0.15, -0.1) is 0 Å². The topological polar surface area (TPSA) is 97.8 Å². The zero-order valence-electron chi connectivity index (χ0n) is 24.5. The van der Waals surface area contributed by atoms with Gasteiger partial charge in [-0.3, -0.25) is 24.4 Å².